The Bertz CT molecular complexity index is 699. The van der Waals surface area contributed by atoms with Gasteiger partial charge in [-0.15, -0.1) is 0 Å². The van der Waals surface area contributed by atoms with Gasteiger partial charge in [0.1, 0.15) is 0 Å². The number of hydrogen-bond acceptors (Lipinski definition) is 3. The van der Waals surface area contributed by atoms with Crippen LogP contribution in [0.3, 0.4) is 0 Å². The second kappa shape index (κ2) is 8.82. The third kappa shape index (κ3) is 5.91. The lowest BCUT2D eigenvalue weighted by Crippen LogP contribution is -2.31. The van der Waals surface area contributed by atoms with Gasteiger partial charge in [-0.3, -0.25) is 9.78 Å². The van der Waals surface area contributed by atoms with E-state index in [1.54, 1.807) is 36.7 Å². The van der Waals surface area contributed by atoms with Crippen LogP contribution in [0.2, 0.25) is 0 Å². The number of pyridine rings is 1. The van der Waals surface area contributed by atoms with Gasteiger partial charge in [0, 0.05) is 30.2 Å². The van der Waals surface area contributed by atoms with E-state index < -0.39 is 0 Å². The SMILES string of the molecule is CC(C)CNC(=O)c1ccc(NC(=O)NC(C)c2ccncc2)cc1. The Hall–Kier alpha value is -2.89. The van der Waals surface area contributed by atoms with Crippen molar-refractivity contribution in [3.63, 3.8) is 0 Å². The molecule has 1 unspecified atom stereocenters. The number of carbonyl (C=O) groups is 2. The first-order valence-electron chi connectivity index (χ1n) is 8.31. The highest BCUT2D eigenvalue weighted by Gasteiger charge is 2.10. The summed E-state index contributed by atoms with van der Waals surface area (Å²) in [5.74, 6) is 0.284. The third-order valence-electron chi connectivity index (χ3n) is 3.63. The highest BCUT2D eigenvalue weighted by molar-refractivity contribution is 5.95. The minimum atomic E-state index is -0.304. The minimum absolute atomic E-state index is 0.115. The molecular formula is C19H24N4O2. The van der Waals surface area contributed by atoms with Gasteiger partial charge in [0.25, 0.3) is 5.91 Å². The molecule has 1 heterocycles. The van der Waals surface area contributed by atoms with Gasteiger partial charge in [-0.05, 0) is 54.8 Å². The second-order valence-corrected chi connectivity index (χ2v) is 6.28. The smallest absolute Gasteiger partial charge is 0.319 e. The van der Waals surface area contributed by atoms with Crippen LogP contribution in [0.25, 0.3) is 0 Å². The molecule has 0 aliphatic carbocycles. The maximum atomic E-state index is 12.1. The molecule has 0 fully saturated rings. The zero-order chi connectivity index (χ0) is 18.2. The lowest BCUT2D eigenvalue weighted by atomic mass is 10.1. The van der Waals surface area contributed by atoms with E-state index in [0.717, 1.165) is 5.56 Å². The molecule has 0 saturated heterocycles. The van der Waals surface area contributed by atoms with Crippen molar-refractivity contribution in [1.82, 2.24) is 15.6 Å². The summed E-state index contributed by atoms with van der Waals surface area (Å²) in [6, 6.07) is 10.1. The number of urea groups is 1. The number of nitrogens with zero attached hydrogens (tertiary/aromatic N) is 1. The minimum Gasteiger partial charge on any atom is -0.352 e. The first-order valence-corrected chi connectivity index (χ1v) is 8.31. The Morgan fingerprint density at radius 2 is 1.64 bits per heavy atom. The molecule has 1 aromatic carbocycles. The molecule has 2 rings (SSSR count). The number of aromatic nitrogens is 1. The average molecular weight is 340 g/mol. The third-order valence-corrected chi connectivity index (χ3v) is 3.63. The van der Waals surface area contributed by atoms with Crippen molar-refractivity contribution < 1.29 is 9.59 Å². The van der Waals surface area contributed by atoms with E-state index in [-0.39, 0.29) is 18.0 Å². The normalized spacial score (nSPS) is 11.7. The van der Waals surface area contributed by atoms with Gasteiger partial charge in [-0.2, -0.15) is 0 Å². The fraction of sp³-hybridized carbons (Fsp3) is 0.316. The van der Waals surface area contributed by atoms with Gasteiger partial charge in [0.15, 0.2) is 0 Å². The molecule has 6 heteroatoms. The standard InChI is InChI=1S/C19H24N4O2/c1-13(2)12-21-18(24)16-4-6-17(7-5-16)23-19(25)22-14(3)15-8-10-20-11-9-15/h4-11,13-14H,12H2,1-3H3,(H,21,24)(H2,22,23,25). The molecule has 0 saturated carbocycles. The van der Waals surface area contributed by atoms with Gasteiger partial charge in [-0.1, -0.05) is 13.8 Å². The number of anilines is 1. The van der Waals surface area contributed by atoms with Crippen molar-refractivity contribution in [2.75, 3.05) is 11.9 Å². The fourth-order valence-electron chi connectivity index (χ4n) is 2.20. The molecule has 6 nitrogen and oxygen atoms in total. The number of benzene rings is 1. The number of nitrogens with one attached hydrogen (secondary N) is 3. The Kier molecular flexibility index (Phi) is 6.51. The van der Waals surface area contributed by atoms with Crippen LogP contribution in [-0.2, 0) is 0 Å². The number of amides is 3. The predicted molar refractivity (Wildman–Crippen MR) is 98.4 cm³/mol. The van der Waals surface area contributed by atoms with Crippen molar-refractivity contribution >= 4 is 17.6 Å². The van der Waals surface area contributed by atoms with Gasteiger partial charge in [0.2, 0.25) is 0 Å². The van der Waals surface area contributed by atoms with E-state index in [0.29, 0.717) is 23.7 Å². The van der Waals surface area contributed by atoms with E-state index >= 15 is 0 Å². The zero-order valence-electron chi connectivity index (χ0n) is 14.7. The zero-order valence-corrected chi connectivity index (χ0v) is 14.7. The van der Waals surface area contributed by atoms with Gasteiger partial charge in [-0.25, -0.2) is 4.79 Å². The maximum Gasteiger partial charge on any atom is 0.319 e. The lowest BCUT2D eigenvalue weighted by Gasteiger charge is -2.15. The molecule has 0 spiro atoms. The predicted octanol–water partition coefficient (Wildman–Crippen LogP) is 3.35. The van der Waals surface area contributed by atoms with E-state index in [9.17, 15) is 9.59 Å². The monoisotopic (exact) mass is 340 g/mol. The molecule has 0 aliphatic heterocycles. The molecule has 1 aromatic heterocycles. The second-order valence-electron chi connectivity index (χ2n) is 6.28. The summed E-state index contributed by atoms with van der Waals surface area (Å²) in [7, 11) is 0. The summed E-state index contributed by atoms with van der Waals surface area (Å²) in [6.45, 7) is 6.61. The lowest BCUT2D eigenvalue weighted by molar-refractivity contribution is 0.0949. The average Bonchev–Trinajstić information content (AvgIpc) is 2.61. The topological polar surface area (TPSA) is 83.1 Å². The first-order chi connectivity index (χ1) is 12.0. The van der Waals surface area contributed by atoms with Crippen LogP contribution in [0.5, 0.6) is 0 Å². The molecule has 3 amide bonds. The van der Waals surface area contributed by atoms with E-state index in [1.165, 1.54) is 0 Å². The Labute approximate surface area is 148 Å². The molecule has 2 aromatic rings. The number of rotatable bonds is 6. The summed E-state index contributed by atoms with van der Waals surface area (Å²) in [6.07, 6.45) is 3.38. The molecule has 25 heavy (non-hydrogen) atoms. The van der Waals surface area contributed by atoms with Crippen LogP contribution in [0.1, 0.15) is 42.7 Å². The summed E-state index contributed by atoms with van der Waals surface area (Å²) >= 11 is 0. The summed E-state index contributed by atoms with van der Waals surface area (Å²) in [4.78, 5) is 28.0. The molecule has 0 aliphatic rings. The summed E-state index contributed by atoms with van der Waals surface area (Å²) in [5.41, 5.74) is 2.17. The highest BCUT2D eigenvalue weighted by Crippen LogP contribution is 2.12. The summed E-state index contributed by atoms with van der Waals surface area (Å²) in [5, 5.41) is 8.48. The summed E-state index contributed by atoms with van der Waals surface area (Å²) < 4.78 is 0. The quantitative estimate of drug-likeness (QED) is 0.754. The van der Waals surface area contributed by atoms with Crippen molar-refractivity contribution in [1.29, 1.82) is 0 Å². The van der Waals surface area contributed by atoms with Gasteiger partial charge < -0.3 is 16.0 Å². The van der Waals surface area contributed by atoms with E-state index in [2.05, 4.69) is 20.9 Å². The van der Waals surface area contributed by atoms with Gasteiger partial charge in [0.05, 0.1) is 6.04 Å². The Morgan fingerprint density at radius 3 is 2.24 bits per heavy atom. The number of hydrogen-bond donors (Lipinski definition) is 3. The van der Waals surface area contributed by atoms with Crippen molar-refractivity contribution in [2.45, 2.75) is 26.8 Å². The van der Waals surface area contributed by atoms with Gasteiger partial charge >= 0.3 is 6.03 Å². The van der Waals surface area contributed by atoms with Crippen LogP contribution in [-0.4, -0.2) is 23.5 Å². The number of carbonyl (C=O) groups excluding carboxylic acids is 2. The van der Waals surface area contributed by atoms with Crippen LogP contribution in [0.15, 0.2) is 48.8 Å². The van der Waals surface area contributed by atoms with Crippen LogP contribution < -0.4 is 16.0 Å². The van der Waals surface area contributed by atoms with Crippen LogP contribution >= 0.6 is 0 Å². The van der Waals surface area contributed by atoms with E-state index in [1.807, 2.05) is 32.9 Å². The largest absolute Gasteiger partial charge is 0.352 e. The maximum absolute atomic E-state index is 12.1. The Morgan fingerprint density at radius 1 is 1.00 bits per heavy atom. The molecule has 132 valence electrons. The molecule has 0 radical (unpaired) electrons. The van der Waals surface area contributed by atoms with Crippen molar-refractivity contribution in [2.24, 2.45) is 5.92 Å². The molecular weight excluding hydrogens is 316 g/mol. The van der Waals surface area contributed by atoms with Crippen molar-refractivity contribution in [3.05, 3.63) is 59.9 Å². The van der Waals surface area contributed by atoms with Crippen LogP contribution in [0, 0.1) is 5.92 Å². The van der Waals surface area contributed by atoms with E-state index in [4.69, 9.17) is 0 Å². The molecule has 1 atom stereocenters. The first kappa shape index (κ1) is 18.4. The highest BCUT2D eigenvalue weighted by atomic mass is 16.2. The fourth-order valence-corrected chi connectivity index (χ4v) is 2.20. The molecule has 3 N–H and O–H groups in total. The van der Waals surface area contributed by atoms with Crippen LogP contribution in [0.4, 0.5) is 10.5 Å². The Balaban J connectivity index is 1.88. The molecule has 0 bridgehead atoms. The van der Waals surface area contributed by atoms with Crippen molar-refractivity contribution in [3.8, 4) is 0 Å².